The molecule has 1 saturated heterocycles. The molecule has 2 amide bonds. The number of benzene rings is 2. The average molecular weight is 416 g/mol. The van der Waals surface area contributed by atoms with E-state index >= 15 is 0 Å². The molecule has 0 bridgehead atoms. The Labute approximate surface area is 172 Å². The number of hydrogen-bond donors (Lipinski definition) is 1. The van der Waals surface area contributed by atoms with Crippen LogP contribution in [0.2, 0.25) is 0 Å². The number of hydrogen-bond acceptors (Lipinski definition) is 3. The molecule has 2 aromatic rings. The van der Waals surface area contributed by atoms with Gasteiger partial charge in [0.2, 0.25) is 5.91 Å². The van der Waals surface area contributed by atoms with Crippen LogP contribution in [0.4, 0.5) is 8.78 Å². The molecule has 0 radical (unpaired) electrons. The molecule has 2 aliphatic heterocycles. The monoisotopic (exact) mass is 416 g/mol. The fraction of sp³-hybridized carbons (Fsp3) is 0.364. The molecule has 2 aliphatic rings. The van der Waals surface area contributed by atoms with E-state index in [-0.39, 0.29) is 35.4 Å². The van der Waals surface area contributed by atoms with Crippen LogP contribution in [0.1, 0.15) is 41.2 Å². The van der Waals surface area contributed by atoms with Crippen molar-refractivity contribution in [2.75, 3.05) is 18.8 Å². The molecule has 1 N–H and O–H groups in total. The molecule has 29 heavy (non-hydrogen) atoms. The van der Waals surface area contributed by atoms with Crippen LogP contribution in [0.15, 0.2) is 47.4 Å². The summed E-state index contributed by atoms with van der Waals surface area (Å²) in [6.07, 6.45) is 1.93. The van der Waals surface area contributed by atoms with Gasteiger partial charge >= 0.3 is 0 Å². The maximum Gasteiger partial charge on any atom is 0.253 e. The molecule has 0 spiro atoms. The molecule has 0 aromatic heterocycles. The number of nitrogens with one attached hydrogen (secondary N) is 1. The molecule has 1 atom stereocenters. The lowest BCUT2D eigenvalue weighted by atomic mass is 9.94. The van der Waals surface area contributed by atoms with Gasteiger partial charge in [-0.25, -0.2) is 8.78 Å². The Hall–Kier alpha value is -2.41. The highest BCUT2D eigenvalue weighted by atomic mass is 32.2. The Bertz CT molecular complexity index is 912. The maximum absolute atomic E-state index is 13.7. The minimum absolute atomic E-state index is 0.0361. The van der Waals surface area contributed by atoms with Crippen molar-refractivity contribution >= 4 is 23.6 Å². The molecule has 4 nitrogen and oxygen atoms in total. The number of carbonyl (C=O) groups excluding carboxylic acids is 2. The van der Waals surface area contributed by atoms with Crippen LogP contribution in [-0.2, 0) is 4.79 Å². The van der Waals surface area contributed by atoms with Crippen molar-refractivity contribution in [3.8, 4) is 0 Å². The fourth-order valence-electron chi connectivity index (χ4n) is 3.92. The molecule has 1 fully saturated rings. The van der Waals surface area contributed by atoms with Gasteiger partial charge < -0.3 is 10.2 Å². The highest BCUT2D eigenvalue weighted by Gasteiger charge is 2.30. The van der Waals surface area contributed by atoms with Crippen LogP contribution >= 0.6 is 11.8 Å². The van der Waals surface area contributed by atoms with E-state index in [4.69, 9.17) is 0 Å². The Morgan fingerprint density at radius 1 is 0.966 bits per heavy atom. The van der Waals surface area contributed by atoms with Crippen molar-refractivity contribution in [2.45, 2.75) is 30.2 Å². The molecular formula is C22H22F2N2O2S. The van der Waals surface area contributed by atoms with Crippen LogP contribution < -0.4 is 5.32 Å². The Balaban J connectivity index is 1.35. The highest BCUT2D eigenvalue weighted by Crippen LogP contribution is 2.36. The first-order valence-corrected chi connectivity index (χ1v) is 10.8. The number of fused-ring (bicyclic) bond motifs is 1. The van der Waals surface area contributed by atoms with Crippen LogP contribution in [0.3, 0.4) is 0 Å². The van der Waals surface area contributed by atoms with E-state index < -0.39 is 0 Å². The Morgan fingerprint density at radius 3 is 2.38 bits per heavy atom. The second-order valence-electron chi connectivity index (χ2n) is 7.45. The second-order valence-corrected chi connectivity index (χ2v) is 8.59. The summed E-state index contributed by atoms with van der Waals surface area (Å²) < 4.78 is 26.7. The van der Waals surface area contributed by atoms with Gasteiger partial charge in [-0.15, -0.1) is 11.8 Å². The van der Waals surface area contributed by atoms with Crippen molar-refractivity contribution in [3.05, 3.63) is 65.2 Å². The van der Waals surface area contributed by atoms with Gasteiger partial charge in [-0.05, 0) is 67.3 Å². The molecule has 7 heteroatoms. The van der Waals surface area contributed by atoms with E-state index in [0.29, 0.717) is 31.5 Å². The van der Waals surface area contributed by atoms with Crippen molar-refractivity contribution in [2.24, 2.45) is 5.92 Å². The minimum atomic E-state index is -0.375. The van der Waals surface area contributed by atoms with Gasteiger partial charge in [-0.3, -0.25) is 9.59 Å². The first-order chi connectivity index (χ1) is 14.0. The van der Waals surface area contributed by atoms with Gasteiger partial charge in [-0.2, -0.15) is 0 Å². The van der Waals surface area contributed by atoms with E-state index in [1.807, 2.05) is 0 Å². The smallest absolute Gasteiger partial charge is 0.253 e. The van der Waals surface area contributed by atoms with Crippen molar-refractivity contribution in [3.63, 3.8) is 0 Å². The zero-order valence-electron chi connectivity index (χ0n) is 15.9. The lowest BCUT2D eigenvalue weighted by Gasteiger charge is -2.33. The topological polar surface area (TPSA) is 49.4 Å². The van der Waals surface area contributed by atoms with Gasteiger partial charge in [-0.1, -0.05) is 0 Å². The largest absolute Gasteiger partial charge is 0.349 e. The average Bonchev–Trinajstić information content (AvgIpc) is 2.74. The predicted octanol–water partition coefficient (Wildman–Crippen LogP) is 4.17. The second kappa shape index (κ2) is 8.53. The van der Waals surface area contributed by atoms with Gasteiger partial charge in [0.15, 0.2) is 0 Å². The normalized spacial score (nSPS) is 19.5. The number of rotatable bonds is 3. The number of likely N-dealkylation sites (tertiary alicyclic amines) is 1. The summed E-state index contributed by atoms with van der Waals surface area (Å²) in [5.74, 6) is -0.131. The fourth-order valence-corrected chi connectivity index (χ4v) is 5.03. The number of amides is 2. The summed E-state index contributed by atoms with van der Waals surface area (Å²) in [5.41, 5.74) is 1.30. The maximum atomic E-state index is 13.7. The van der Waals surface area contributed by atoms with Gasteiger partial charge in [0.1, 0.15) is 11.6 Å². The molecule has 152 valence electrons. The van der Waals surface area contributed by atoms with Crippen LogP contribution in [0, 0.1) is 17.6 Å². The lowest BCUT2D eigenvalue weighted by molar-refractivity contribution is -0.127. The first kappa shape index (κ1) is 19.9. The number of carbonyl (C=O) groups is 2. The molecule has 2 aromatic carbocycles. The molecule has 4 rings (SSSR count). The quantitative estimate of drug-likeness (QED) is 0.817. The number of halogens is 2. The molecule has 0 unspecified atom stereocenters. The number of nitrogens with zero attached hydrogens (tertiary/aromatic N) is 1. The molecule has 2 heterocycles. The third kappa shape index (κ3) is 4.45. The third-order valence-electron chi connectivity index (χ3n) is 5.57. The van der Waals surface area contributed by atoms with Crippen LogP contribution in [-0.4, -0.2) is 35.6 Å². The summed E-state index contributed by atoms with van der Waals surface area (Å²) in [7, 11) is 0. The third-order valence-corrected chi connectivity index (χ3v) is 6.69. The Kier molecular flexibility index (Phi) is 5.85. The van der Waals surface area contributed by atoms with E-state index in [1.54, 1.807) is 22.7 Å². The number of piperidine rings is 1. The van der Waals surface area contributed by atoms with Crippen LogP contribution in [0.5, 0.6) is 0 Å². The molecule has 0 saturated carbocycles. The first-order valence-electron chi connectivity index (χ1n) is 9.79. The summed E-state index contributed by atoms with van der Waals surface area (Å²) in [5, 5.41) is 3.09. The summed E-state index contributed by atoms with van der Waals surface area (Å²) in [6, 6.07) is 10.1. The van der Waals surface area contributed by atoms with E-state index in [2.05, 4.69) is 5.32 Å². The number of thioether (sulfide) groups is 1. The summed E-state index contributed by atoms with van der Waals surface area (Å²) in [4.78, 5) is 28.1. The molecular weight excluding hydrogens is 394 g/mol. The van der Waals surface area contributed by atoms with Gasteiger partial charge in [0, 0.05) is 35.2 Å². The van der Waals surface area contributed by atoms with Crippen molar-refractivity contribution in [1.82, 2.24) is 10.2 Å². The molecule has 0 aliphatic carbocycles. The van der Waals surface area contributed by atoms with E-state index in [9.17, 15) is 18.4 Å². The van der Waals surface area contributed by atoms with Gasteiger partial charge in [0.25, 0.3) is 5.91 Å². The van der Waals surface area contributed by atoms with E-state index in [1.165, 1.54) is 36.4 Å². The summed E-state index contributed by atoms with van der Waals surface area (Å²) in [6.45, 7) is 0.972. The zero-order valence-corrected chi connectivity index (χ0v) is 16.7. The minimum Gasteiger partial charge on any atom is -0.349 e. The Morgan fingerprint density at radius 2 is 1.66 bits per heavy atom. The predicted molar refractivity (Wildman–Crippen MR) is 108 cm³/mol. The van der Waals surface area contributed by atoms with Crippen molar-refractivity contribution < 1.29 is 18.4 Å². The summed E-state index contributed by atoms with van der Waals surface area (Å²) >= 11 is 1.68. The SMILES string of the molecule is O=C(N[C@@H]1CCSc2ccc(F)cc21)C1CCN(C(=O)c2ccc(F)cc2)CC1. The standard InChI is InChI=1S/C22H22F2N2O2S/c23-16-3-1-15(2-4-16)22(28)26-10-7-14(8-11-26)21(27)25-19-9-12-29-20-6-5-17(24)13-18(19)20/h1-6,13-14,19H,7-12H2,(H,25,27)/t19-/m1/s1. The zero-order chi connectivity index (χ0) is 20.4. The lowest BCUT2D eigenvalue weighted by Crippen LogP contribution is -2.44. The highest BCUT2D eigenvalue weighted by molar-refractivity contribution is 7.99. The van der Waals surface area contributed by atoms with Gasteiger partial charge in [0.05, 0.1) is 6.04 Å². The van der Waals surface area contributed by atoms with E-state index in [0.717, 1.165) is 22.6 Å². The van der Waals surface area contributed by atoms with Crippen molar-refractivity contribution in [1.29, 1.82) is 0 Å². The van der Waals surface area contributed by atoms with Crippen LogP contribution in [0.25, 0.3) is 0 Å².